The molecule has 2 heterocycles. The maximum Gasteiger partial charge on any atom is 0.242 e. The maximum atomic E-state index is 16.0. The van der Waals surface area contributed by atoms with Gasteiger partial charge in [0.2, 0.25) is 17.7 Å². The van der Waals surface area contributed by atoms with Gasteiger partial charge >= 0.3 is 0 Å². The van der Waals surface area contributed by atoms with E-state index in [2.05, 4.69) is 52.7 Å². The average Bonchev–Trinajstić information content (AvgIpc) is 3.43. The van der Waals surface area contributed by atoms with Crippen molar-refractivity contribution in [1.82, 2.24) is 5.32 Å². The number of benzene rings is 3. The molecule has 0 aliphatic carbocycles. The first kappa shape index (κ1) is 31.0. The summed E-state index contributed by atoms with van der Waals surface area (Å²) in [6.07, 6.45) is 0.509. The number of ether oxygens (including phenoxy) is 2. The maximum absolute atomic E-state index is 16.0. The standard InChI is InChI=1S/C32H33BrClFN4O4/c1-31(2,3)15-24-32(19-11-10-17(34)14-22(19)38-30(32)41)25(18-7-6-8-20(33)26(18)35)27(39-24)29(40)37-21-12-9-16(28(36)43-5)13-23(21)42-4/h6-14,24-25,27,36,39H,15H2,1-5H3,(H,37,40)(H,38,41)/t24?,25-,27+,32+/m0/s1. The number of hydrogen-bond acceptors (Lipinski definition) is 6. The van der Waals surface area contributed by atoms with Crippen molar-refractivity contribution in [3.05, 3.63) is 86.6 Å². The van der Waals surface area contributed by atoms with Gasteiger partial charge in [0.15, 0.2) is 0 Å². The molecule has 1 fully saturated rings. The van der Waals surface area contributed by atoms with Crippen LogP contribution < -0.4 is 20.7 Å². The van der Waals surface area contributed by atoms with Crippen molar-refractivity contribution in [3.8, 4) is 5.75 Å². The third kappa shape index (κ3) is 5.41. The highest BCUT2D eigenvalue weighted by molar-refractivity contribution is 9.10. The predicted molar refractivity (Wildman–Crippen MR) is 169 cm³/mol. The van der Waals surface area contributed by atoms with Gasteiger partial charge < -0.3 is 25.4 Å². The molecule has 0 saturated carbocycles. The van der Waals surface area contributed by atoms with Gasteiger partial charge in [-0.25, -0.2) is 4.39 Å². The van der Waals surface area contributed by atoms with E-state index in [1.54, 1.807) is 54.6 Å². The van der Waals surface area contributed by atoms with Gasteiger partial charge in [-0.2, -0.15) is 0 Å². The molecule has 0 bridgehead atoms. The Morgan fingerprint density at radius 2 is 1.91 bits per heavy atom. The molecule has 0 aromatic heterocycles. The summed E-state index contributed by atoms with van der Waals surface area (Å²) in [5.41, 5.74) is 0.655. The summed E-state index contributed by atoms with van der Waals surface area (Å²) in [5, 5.41) is 17.8. The number of halogens is 3. The number of rotatable bonds is 6. The second-order valence-electron chi connectivity index (χ2n) is 12.0. The van der Waals surface area contributed by atoms with Gasteiger partial charge in [-0.1, -0.05) is 50.6 Å². The molecule has 2 amide bonds. The number of hydrogen-bond donors (Lipinski definition) is 4. The number of amides is 2. The zero-order chi connectivity index (χ0) is 31.3. The Labute approximate surface area is 263 Å². The van der Waals surface area contributed by atoms with Crippen LogP contribution in [0, 0.1) is 16.6 Å². The van der Waals surface area contributed by atoms with E-state index in [-0.39, 0.29) is 27.3 Å². The Bertz CT molecular complexity index is 1630. The molecule has 1 spiro atoms. The molecule has 4 atom stereocenters. The van der Waals surface area contributed by atoms with Crippen LogP contribution in [0.15, 0.2) is 59.1 Å². The molecule has 1 unspecified atom stereocenters. The summed E-state index contributed by atoms with van der Waals surface area (Å²) in [5.74, 6) is -2.02. The lowest BCUT2D eigenvalue weighted by Gasteiger charge is -2.37. The van der Waals surface area contributed by atoms with Crippen molar-refractivity contribution >= 4 is 56.6 Å². The van der Waals surface area contributed by atoms with Crippen LogP contribution in [0.5, 0.6) is 5.75 Å². The van der Waals surface area contributed by atoms with Crippen molar-refractivity contribution < 1.29 is 23.5 Å². The van der Waals surface area contributed by atoms with Crippen molar-refractivity contribution in [3.63, 3.8) is 0 Å². The molecule has 4 N–H and O–H groups in total. The van der Waals surface area contributed by atoms with Gasteiger partial charge in [0.1, 0.15) is 17.0 Å². The van der Waals surface area contributed by atoms with Gasteiger partial charge in [-0.15, -0.1) is 0 Å². The fourth-order valence-corrected chi connectivity index (χ4v) is 6.97. The fraction of sp³-hybridized carbons (Fsp3) is 0.344. The SMILES string of the molecule is COC(=N)c1ccc(NC(=O)[C@@H]2NC(CC(C)(C)C)[C@@]3(C(=O)Nc4cc(Cl)ccc43)[C@H]2c2cccc(Br)c2F)c(OC)c1. The Morgan fingerprint density at radius 3 is 2.58 bits per heavy atom. The quantitative estimate of drug-likeness (QED) is 0.174. The largest absolute Gasteiger partial charge is 0.495 e. The molecule has 3 aromatic carbocycles. The highest BCUT2D eigenvalue weighted by Crippen LogP contribution is 2.57. The lowest BCUT2D eigenvalue weighted by molar-refractivity contribution is -0.122. The first-order chi connectivity index (χ1) is 20.3. The molecule has 226 valence electrons. The van der Waals surface area contributed by atoms with Crippen molar-refractivity contribution in [1.29, 1.82) is 5.41 Å². The Morgan fingerprint density at radius 1 is 1.16 bits per heavy atom. The summed E-state index contributed by atoms with van der Waals surface area (Å²) >= 11 is 9.62. The van der Waals surface area contributed by atoms with Gasteiger partial charge in [-0.05, 0) is 75.3 Å². The topological polar surface area (TPSA) is 113 Å². The zero-order valence-corrected chi connectivity index (χ0v) is 26.7. The number of nitrogens with one attached hydrogen (secondary N) is 4. The van der Waals surface area contributed by atoms with Gasteiger partial charge in [0.25, 0.3) is 0 Å². The van der Waals surface area contributed by atoms with Gasteiger partial charge in [-0.3, -0.25) is 15.0 Å². The van der Waals surface area contributed by atoms with Crippen LogP contribution in [-0.4, -0.2) is 44.0 Å². The lowest BCUT2D eigenvalue weighted by atomic mass is 9.62. The van der Waals surface area contributed by atoms with Gasteiger partial charge in [0.05, 0.1) is 30.4 Å². The van der Waals surface area contributed by atoms with E-state index in [0.29, 0.717) is 39.7 Å². The minimum absolute atomic E-state index is 0.0585. The minimum atomic E-state index is -1.33. The normalized spacial score (nSPS) is 22.7. The zero-order valence-electron chi connectivity index (χ0n) is 24.4. The van der Waals surface area contributed by atoms with E-state index in [9.17, 15) is 9.59 Å². The second kappa shape index (κ2) is 11.6. The molecule has 3 aromatic rings. The molecule has 5 rings (SSSR count). The highest BCUT2D eigenvalue weighted by atomic mass is 79.9. The molecule has 0 radical (unpaired) electrons. The van der Waals surface area contributed by atoms with E-state index >= 15 is 4.39 Å². The number of anilines is 2. The molecule has 1 saturated heterocycles. The van der Waals surface area contributed by atoms with Crippen LogP contribution in [0.1, 0.15) is 49.8 Å². The average molecular weight is 672 g/mol. The molecule has 8 nitrogen and oxygen atoms in total. The van der Waals surface area contributed by atoms with Crippen LogP contribution in [0.25, 0.3) is 0 Å². The third-order valence-corrected chi connectivity index (χ3v) is 8.99. The van der Waals surface area contributed by atoms with Crippen molar-refractivity contribution in [2.75, 3.05) is 24.9 Å². The van der Waals surface area contributed by atoms with E-state index in [0.717, 1.165) is 0 Å². The summed E-state index contributed by atoms with van der Waals surface area (Å²) in [4.78, 5) is 28.6. The number of methoxy groups -OCH3 is 2. The number of fused-ring (bicyclic) bond motifs is 2. The number of carbonyl (C=O) groups excluding carboxylic acids is 2. The minimum Gasteiger partial charge on any atom is -0.495 e. The monoisotopic (exact) mass is 670 g/mol. The van der Waals surface area contributed by atoms with E-state index in [4.69, 9.17) is 26.5 Å². The van der Waals surface area contributed by atoms with Crippen LogP contribution in [0.4, 0.5) is 15.8 Å². The molecule has 2 aliphatic rings. The Balaban J connectivity index is 1.68. The van der Waals surface area contributed by atoms with Crippen LogP contribution in [-0.2, 0) is 19.7 Å². The predicted octanol–water partition coefficient (Wildman–Crippen LogP) is 6.61. The van der Waals surface area contributed by atoms with Crippen LogP contribution >= 0.6 is 27.5 Å². The molecular formula is C32H33BrClFN4O4. The second-order valence-corrected chi connectivity index (χ2v) is 13.3. The molecule has 43 heavy (non-hydrogen) atoms. The van der Waals surface area contributed by atoms with E-state index < -0.39 is 35.1 Å². The van der Waals surface area contributed by atoms with Gasteiger partial charge in [0, 0.05) is 28.2 Å². The van der Waals surface area contributed by atoms with Crippen molar-refractivity contribution in [2.24, 2.45) is 5.41 Å². The summed E-state index contributed by atoms with van der Waals surface area (Å²) in [6, 6.07) is 13.4. The van der Waals surface area contributed by atoms with Crippen LogP contribution in [0.3, 0.4) is 0 Å². The smallest absolute Gasteiger partial charge is 0.242 e. The lowest BCUT2D eigenvalue weighted by Crippen LogP contribution is -2.49. The summed E-state index contributed by atoms with van der Waals surface area (Å²) < 4.78 is 26.8. The molecule has 11 heteroatoms. The van der Waals surface area contributed by atoms with Crippen LogP contribution in [0.2, 0.25) is 5.02 Å². The number of carbonyl (C=O) groups is 2. The fourth-order valence-electron chi connectivity index (χ4n) is 6.42. The first-order valence-corrected chi connectivity index (χ1v) is 14.9. The molecular weight excluding hydrogens is 639 g/mol. The third-order valence-electron chi connectivity index (χ3n) is 8.15. The summed E-state index contributed by atoms with van der Waals surface area (Å²) in [7, 11) is 2.85. The highest BCUT2D eigenvalue weighted by Gasteiger charge is 2.66. The Kier molecular flexibility index (Phi) is 8.32. The summed E-state index contributed by atoms with van der Waals surface area (Å²) in [6.45, 7) is 6.18. The van der Waals surface area contributed by atoms with E-state index in [1.807, 2.05) is 0 Å². The molecule has 2 aliphatic heterocycles. The van der Waals surface area contributed by atoms with E-state index in [1.165, 1.54) is 14.2 Å². The van der Waals surface area contributed by atoms with Crippen molar-refractivity contribution in [2.45, 2.75) is 50.6 Å². The first-order valence-electron chi connectivity index (χ1n) is 13.7. The Hall–Kier alpha value is -3.47.